The number of hydrogen-bond donors (Lipinski definition) is 3. The van der Waals surface area contributed by atoms with Gasteiger partial charge in [0.2, 0.25) is 0 Å². The molecule has 6 heteroatoms. The van der Waals surface area contributed by atoms with Crippen molar-refractivity contribution in [3.63, 3.8) is 0 Å². The molecule has 0 radical (unpaired) electrons. The number of aromatic nitrogens is 3. The fraction of sp³-hybridized carbons (Fsp3) is 0.158. The Morgan fingerprint density at radius 3 is 2.80 bits per heavy atom. The number of H-pyrrole nitrogens is 2. The molecule has 0 fully saturated rings. The van der Waals surface area contributed by atoms with Crippen LogP contribution in [0.1, 0.15) is 5.56 Å². The summed E-state index contributed by atoms with van der Waals surface area (Å²) < 4.78 is 7.67. The van der Waals surface area contributed by atoms with Crippen LogP contribution in [0.2, 0.25) is 0 Å². The Bertz CT molecular complexity index is 1190. The van der Waals surface area contributed by atoms with Crippen molar-refractivity contribution in [1.29, 1.82) is 5.41 Å². The number of aryl methyl sites for hydroxylation is 1. The van der Waals surface area contributed by atoms with Gasteiger partial charge in [0.15, 0.2) is 4.77 Å². The van der Waals surface area contributed by atoms with Crippen LogP contribution in [0.25, 0.3) is 21.8 Å². The van der Waals surface area contributed by atoms with Crippen LogP contribution in [0.15, 0.2) is 48.7 Å². The van der Waals surface area contributed by atoms with Crippen molar-refractivity contribution in [3.05, 3.63) is 64.5 Å². The van der Waals surface area contributed by atoms with Crippen molar-refractivity contribution in [2.75, 3.05) is 7.11 Å². The molecule has 0 aliphatic heterocycles. The maximum Gasteiger partial charge on any atom is 0.179 e. The predicted octanol–water partition coefficient (Wildman–Crippen LogP) is 3.91. The van der Waals surface area contributed by atoms with E-state index in [2.05, 4.69) is 22.1 Å². The smallest absolute Gasteiger partial charge is 0.179 e. The van der Waals surface area contributed by atoms with Crippen molar-refractivity contribution >= 4 is 34.0 Å². The normalized spacial score (nSPS) is 11.2. The Kier molecular flexibility index (Phi) is 3.89. The van der Waals surface area contributed by atoms with Crippen LogP contribution in [-0.2, 0) is 13.0 Å². The first kappa shape index (κ1) is 15.7. The van der Waals surface area contributed by atoms with Gasteiger partial charge in [-0.05, 0) is 48.5 Å². The van der Waals surface area contributed by atoms with Gasteiger partial charge in [0, 0.05) is 29.0 Å². The monoisotopic (exact) mass is 350 g/mol. The largest absolute Gasteiger partial charge is 0.497 e. The zero-order valence-electron chi connectivity index (χ0n) is 13.8. The number of hydrogen-bond acceptors (Lipinski definition) is 3. The lowest BCUT2D eigenvalue weighted by Gasteiger charge is -2.10. The van der Waals surface area contributed by atoms with Gasteiger partial charge in [-0.25, -0.2) is 0 Å². The Hall–Kier alpha value is -2.86. The van der Waals surface area contributed by atoms with Gasteiger partial charge in [0.1, 0.15) is 11.2 Å². The summed E-state index contributed by atoms with van der Waals surface area (Å²) in [6.07, 6.45) is 2.83. The minimum atomic E-state index is 0.400. The van der Waals surface area contributed by atoms with Crippen LogP contribution in [0, 0.1) is 10.2 Å². The van der Waals surface area contributed by atoms with Gasteiger partial charge in [-0.2, -0.15) is 0 Å². The Morgan fingerprint density at radius 1 is 1.12 bits per heavy atom. The lowest BCUT2D eigenvalue weighted by Crippen LogP contribution is -2.23. The molecule has 0 amide bonds. The van der Waals surface area contributed by atoms with E-state index in [1.54, 1.807) is 7.11 Å². The number of rotatable bonds is 4. The zero-order chi connectivity index (χ0) is 17.4. The SMILES string of the molecule is COc1ccc2[nH]c(=S)n(CCc3c[nH]c4ccccc34)c(=N)c2c1. The van der Waals surface area contributed by atoms with E-state index >= 15 is 0 Å². The summed E-state index contributed by atoms with van der Waals surface area (Å²) in [7, 11) is 1.63. The number of nitrogens with zero attached hydrogens (tertiary/aromatic N) is 1. The molecule has 2 aromatic heterocycles. The summed E-state index contributed by atoms with van der Waals surface area (Å²) >= 11 is 5.47. The van der Waals surface area contributed by atoms with E-state index < -0.39 is 0 Å². The van der Waals surface area contributed by atoms with Crippen LogP contribution >= 0.6 is 12.2 Å². The van der Waals surface area contributed by atoms with E-state index in [0.29, 0.717) is 16.8 Å². The van der Waals surface area contributed by atoms with E-state index in [-0.39, 0.29) is 0 Å². The number of para-hydroxylation sites is 1. The lowest BCUT2D eigenvalue weighted by atomic mass is 10.1. The molecule has 2 heterocycles. The fourth-order valence-electron chi connectivity index (χ4n) is 3.17. The highest BCUT2D eigenvalue weighted by molar-refractivity contribution is 7.71. The molecule has 3 N–H and O–H groups in total. The number of nitrogens with one attached hydrogen (secondary N) is 3. The van der Waals surface area contributed by atoms with Gasteiger partial charge >= 0.3 is 0 Å². The number of ether oxygens (including phenoxy) is 1. The third-order valence-corrected chi connectivity index (χ3v) is 4.84. The van der Waals surface area contributed by atoms with Crippen LogP contribution in [0.3, 0.4) is 0 Å². The first-order valence-electron chi connectivity index (χ1n) is 8.08. The maximum absolute atomic E-state index is 8.56. The molecule has 4 rings (SSSR count). The minimum Gasteiger partial charge on any atom is -0.497 e. The van der Waals surface area contributed by atoms with Crippen LogP contribution < -0.4 is 10.2 Å². The topological polar surface area (TPSA) is 69.6 Å². The van der Waals surface area contributed by atoms with Gasteiger partial charge in [-0.15, -0.1) is 0 Å². The van der Waals surface area contributed by atoms with Crippen LogP contribution in [0.4, 0.5) is 0 Å². The summed E-state index contributed by atoms with van der Waals surface area (Å²) in [6, 6.07) is 13.9. The fourth-order valence-corrected chi connectivity index (χ4v) is 3.46. The molecular weight excluding hydrogens is 332 g/mol. The molecule has 0 saturated heterocycles. The summed E-state index contributed by atoms with van der Waals surface area (Å²) in [4.78, 5) is 6.50. The maximum atomic E-state index is 8.56. The standard InChI is InChI=1S/C19H18N4OS/c1-24-13-6-7-17-15(10-13)18(20)23(19(25)22-17)9-8-12-11-21-16-5-3-2-4-14(12)16/h2-7,10-11,20-21H,8-9H2,1H3,(H,22,25). The first-order valence-corrected chi connectivity index (χ1v) is 8.48. The van der Waals surface area contributed by atoms with Gasteiger partial charge in [-0.3, -0.25) is 5.41 Å². The molecule has 0 saturated carbocycles. The average molecular weight is 350 g/mol. The zero-order valence-corrected chi connectivity index (χ0v) is 14.6. The average Bonchev–Trinajstić information content (AvgIpc) is 3.04. The molecule has 0 aliphatic carbocycles. The molecule has 25 heavy (non-hydrogen) atoms. The molecule has 0 bridgehead atoms. The highest BCUT2D eigenvalue weighted by Crippen LogP contribution is 2.19. The van der Waals surface area contributed by atoms with E-state index in [1.807, 2.05) is 41.1 Å². The second kappa shape index (κ2) is 6.22. The number of methoxy groups -OCH3 is 1. The summed E-state index contributed by atoms with van der Waals surface area (Å²) in [5, 5.41) is 10.6. The van der Waals surface area contributed by atoms with E-state index in [9.17, 15) is 0 Å². The molecule has 4 aromatic rings. The highest BCUT2D eigenvalue weighted by Gasteiger charge is 2.07. The number of aromatic amines is 2. The predicted molar refractivity (Wildman–Crippen MR) is 102 cm³/mol. The Labute approximate surface area is 149 Å². The third-order valence-electron chi connectivity index (χ3n) is 4.52. The number of fused-ring (bicyclic) bond motifs is 2. The molecular formula is C19H18N4OS. The third kappa shape index (κ3) is 2.74. The highest BCUT2D eigenvalue weighted by atomic mass is 32.1. The quantitative estimate of drug-likeness (QED) is 0.488. The van der Waals surface area contributed by atoms with Crippen molar-refractivity contribution < 1.29 is 4.74 Å². The van der Waals surface area contributed by atoms with Gasteiger partial charge < -0.3 is 19.3 Å². The van der Waals surface area contributed by atoms with Crippen molar-refractivity contribution in [3.8, 4) is 5.75 Å². The van der Waals surface area contributed by atoms with Crippen molar-refractivity contribution in [2.24, 2.45) is 0 Å². The van der Waals surface area contributed by atoms with Gasteiger partial charge in [0.05, 0.1) is 12.6 Å². The van der Waals surface area contributed by atoms with E-state index in [0.717, 1.165) is 28.6 Å². The molecule has 0 aliphatic rings. The Balaban J connectivity index is 1.74. The summed E-state index contributed by atoms with van der Waals surface area (Å²) in [6.45, 7) is 0.642. The molecule has 2 aromatic carbocycles. The molecule has 0 unspecified atom stereocenters. The van der Waals surface area contributed by atoms with Crippen molar-refractivity contribution in [1.82, 2.24) is 14.5 Å². The molecule has 126 valence electrons. The first-order chi connectivity index (χ1) is 12.2. The van der Waals surface area contributed by atoms with Crippen molar-refractivity contribution in [2.45, 2.75) is 13.0 Å². The lowest BCUT2D eigenvalue weighted by molar-refractivity contribution is 0.415. The Morgan fingerprint density at radius 2 is 1.96 bits per heavy atom. The van der Waals surface area contributed by atoms with E-state index in [1.165, 1.54) is 10.9 Å². The minimum absolute atomic E-state index is 0.400. The van der Waals surface area contributed by atoms with Gasteiger partial charge in [-0.1, -0.05) is 18.2 Å². The van der Waals surface area contributed by atoms with Crippen LogP contribution in [-0.4, -0.2) is 21.6 Å². The number of benzene rings is 2. The second-order valence-corrected chi connectivity index (χ2v) is 6.34. The van der Waals surface area contributed by atoms with Gasteiger partial charge in [0.25, 0.3) is 0 Å². The summed E-state index contributed by atoms with van der Waals surface area (Å²) in [5.74, 6) is 0.731. The second-order valence-electron chi connectivity index (χ2n) is 5.95. The molecule has 0 spiro atoms. The van der Waals surface area contributed by atoms with Crippen LogP contribution in [0.5, 0.6) is 5.75 Å². The molecule has 0 atom stereocenters. The summed E-state index contributed by atoms with van der Waals surface area (Å²) in [5.41, 5.74) is 3.60. The van der Waals surface area contributed by atoms with E-state index in [4.69, 9.17) is 22.4 Å². The molecule has 5 nitrogen and oxygen atoms in total.